The molecule has 2 nitrogen and oxygen atoms in total. The zero-order chi connectivity index (χ0) is 20.8. The van der Waals surface area contributed by atoms with Crippen molar-refractivity contribution < 1.29 is 9.76 Å². The molecule has 0 radical (unpaired) electrons. The highest BCUT2D eigenvalue weighted by Crippen LogP contribution is 2.37. The smallest absolute Gasteiger partial charge is 0.279 e. The van der Waals surface area contributed by atoms with Gasteiger partial charge in [-0.3, -0.25) is 0 Å². The van der Waals surface area contributed by atoms with Crippen LogP contribution in [0.25, 0.3) is 0 Å². The molecule has 3 unspecified atom stereocenters. The SMILES string of the molecule is BC(C)C(CC)C(BOC(C)(C)C(C)(C)O)CC(=C)Cc1ccccc1C. The topological polar surface area (TPSA) is 29.5 Å². The Morgan fingerprint density at radius 2 is 1.85 bits per heavy atom. The molecule has 0 aliphatic rings. The molecule has 1 aromatic rings. The fourth-order valence-electron chi connectivity index (χ4n) is 3.70. The maximum absolute atomic E-state index is 10.4. The van der Waals surface area contributed by atoms with E-state index >= 15 is 0 Å². The van der Waals surface area contributed by atoms with E-state index in [-0.39, 0.29) is 0 Å². The number of benzene rings is 1. The van der Waals surface area contributed by atoms with E-state index < -0.39 is 11.2 Å². The van der Waals surface area contributed by atoms with Gasteiger partial charge in [0, 0.05) is 0 Å². The second-order valence-electron chi connectivity index (χ2n) is 9.51. The summed E-state index contributed by atoms with van der Waals surface area (Å²) in [5.41, 5.74) is 2.48. The van der Waals surface area contributed by atoms with Gasteiger partial charge in [-0.1, -0.05) is 62.5 Å². The Bertz CT molecular complexity index is 603. The second-order valence-corrected chi connectivity index (χ2v) is 9.51. The van der Waals surface area contributed by atoms with Crippen LogP contribution in [-0.2, 0) is 11.1 Å². The molecule has 0 aliphatic heterocycles. The van der Waals surface area contributed by atoms with Crippen molar-refractivity contribution in [1.82, 2.24) is 0 Å². The van der Waals surface area contributed by atoms with E-state index in [4.69, 9.17) is 4.65 Å². The fourth-order valence-corrected chi connectivity index (χ4v) is 3.70. The Morgan fingerprint density at radius 1 is 1.26 bits per heavy atom. The van der Waals surface area contributed by atoms with Crippen LogP contribution in [0.5, 0.6) is 0 Å². The van der Waals surface area contributed by atoms with Crippen LogP contribution in [0.3, 0.4) is 0 Å². The molecule has 150 valence electrons. The molecule has 0 saturated carbocycles. The summed E-state index contributed by atoms with van der Waals surface area (Å²) < 4.78 is 6.27. The summed E-state index contributed by atoms with van der Waals surface area (Å²) in [4.78, 5) is 0. The van der Waals surface area contributed by atoms with Gasteiger partial charge in [-0.25, -0.2) is 0 Å². The quantitative estimate of drug-likeness (QED) is 0.454. The normalized spacial score (nSPS) is 15.9. The summed E-state index contributed by atoms with van der Waals surface area (Å²) >= 11 is 0. The van der Waals surface area contributed by atoms with Crippen LogP contribution in [0.15, 0.2) is 36.4 Å². The van der Waals surface area contributed by atoms with Gasteiger partial charge < -0.3 is 9.76 Å². The van der Waals surface area contributed by atoms with E-state index in [2.05, 4.69) is 59.5 Å². The Balaban J connectivity index is 2.88. The van der Waals surface area contributed by atoms with Crippen molar-refractivity contribution in [2.24, 2.45) is 5.92 Å². The van der Waals surface area contributed by atoms with E-state index in [0.717, 1.165) is 19.3 Å². The average molecular weight is 370 g/mol. The predicted molar refractivity (Wildman–Crippen MR) is 123 cm³/mol. The minimum atomic E-state index is -0.880. The summed E-state index contributed by atoms with van der Waals surface area (Å²) in [6, 6.07) is 8.55. The molecule has 27 heavy (non-hydrogen) atoms. The first-order chi connectivity index (χ1) is 12.4. The molecule has 1 N–H and O–H groups in total. The van der Waals surface area contributed by atoms with Crippen molar-refractivity contribution in [2.45, 2.75) is 90.6 Å². The third kappa shape index (κ3) is 7.16. The summed E-state index contributed by atoms with van der Waals surface area (Å²) in [7, 11) is 2.95. The molecule has 0 spiro atoms. The maximum Gasteiger partial charge on any atom is 0.279 e. The second kappa shape index (κ2) is 9.98. The van der Waals surface area contributed by atoms with Crippen LogP contribution >= 0.6 is 0 Å². The van der Waals surface area contributed by atoms with Crippen LogP contribution in [0, 0.1) is 12.8 Å². The van der Waals surface area contributed by atoms with Gasteiger partial charge in [0.25, 0.3) is 7.48 Å². The largest absolute Gasteiger partial charge is 0.432 e. The Labute approximate surface area is 169 Å². The highest BCUT2D eigenvalue weighted by atomic mass is 16.5. The van der Waals surface area contributed by atoms with Gasteiger partial charge in [-0.2, -0.15) is 0 Å². The molecule has 0 saturated heterocycles. The van der Waals surface area contributed by atoms with Crippen molar-refractivity contribution in [2.75, 3.05) is 0 Å². The first-order valence-electron chi connectivity index (χ1n) is 10.5. The minimum absolute atomic E-state index is 0.410. The molecule has 0 heterocycles. The van der Waals surface area contributed by atoms with Gasteiger partial charge in [0.2, 0.25) is 0 Å². The molecule has 0 aliphatic carbocycles. The number of aliphatic hydroxyl groups is 1. The van der Waals surface area contributed by atoms with Gasteiger partial charge in [-0.05, 0) is 70.3 Å². The third-order valence-corrected chi connectivity index (χ3v) is 6.32. The molecule has 4 heteroatoms. The number of hydrogen-bond donors (Lipinski definition) is 1. The zero-order valence-electron chi connectivity index (χ0n) is 18.9. The number of aryl methyl sites for hydroxylation is 1. The summed E-state index contributed by atoms with van der Waals surface area (Å²) in [5.74, 6) is 1.59. The fraction of sp³-hybridized carbons (Fsp3) is 0.652. The summed E-state index contributed by atoms with van der Waals surface area (Å²) in [5, 5.41) is 10.4. The molecule has 1 rings (SSSR count). The first-order valence-corrected chi connectivity index (χ1v) is 10.5. The molecule has 0 bridgehead atoms. The molecule has 1 aromatic carbocycles. The van der Waals surface area contributed by atoms with E-state index in [0.29, 0.717) is 25.0 Å². The van der Waals surface area contributed by atoms with Gasteiger partial charge in [0.05, 0.1) is 11.2 Å². The first kappa shape index (κ1) is 24.0. The van der Waals surface area contributed by atoms with Gasteiger partial charge in [-0.15, -0.1) is 0 Å². The molecule has 0 amide bonds. The van der Waals surface area contributed by atoms with Crippen LogP contribution in [0.2, 0.25) is 11.6 Å². The van der Waals surface area contributed by atoms with Crippen LogP contribution in [-0.4, -0.2) is 31.6 Å². The number of rotatable bonds is 11. The average Bonchev–Trinajstić information content (AvgIpc) is 2.54. The summed E-state index contributed by atoms with van der Waals surface area (Å²) in [6.45, 7) is 18.7. The lowest BCUT2D eigenvalue weighted by atomic mass is 9.59. The highest BCUT2D eigenvalue weighted by molar-refractivity contribution is 6.30. The lowest BCUT2D eigenvalue weighted by Gasteiger charge is -2.40. The van der Waals surface area contributed by atoms with Gasteiger partial charge >= 0.3 is 0 Å². The van der Waals surface area contributed by atoms with Gasteiger partial charge in [0.1, 0.15) is 7.85 Å². The van der Waals surface area contributed by atoms with Crippen molar-refractivity contribution in [3.63, 3.8) is 0 Å². The van der Waals surface area contributed by atoms with Crippen LogP contribution in [0.1, 0.15) is 65.5 Å². The third-order valence-electron chi connectivity index (χ3n) is 6.32. The molecule has 0 aromatic heterocycles. The van der Waals surface area contributed by atoms with E-state index in [9.17, 15) is 5.11 Å². The summed E-state index contributed by atoms with van der Waals surface area (Å²) in [6.07, 6.45) is 3.02. The van der Waals surface area contributed by atoms with Crippen molar-refractivity contribution in [3.05, 3.63) is 47.5 Å². The minimum Gasteiger partial charge on any atom is -0.432 e. The lowest BCUT2D eigenvalue weighted by Crippen LogP contribution is -2.48. The highest BCUT2D eigenvalue weighted by Gasteiger charge is 2.37. The van der Waals surface area contributed by atoms with Crippen LogP contribution < -0.4 is 0 Å². The van der Waals surface area contributed by atoms with Crippen LogP contribution in [0.4, 0.5) is 0 Å². The number of hydrogen-bond acceptors (Lipinski definition) is 2. The van der Waals surface area contributed by atoms with E-state index in [1.165, 1.54) is 16.7 Å². The zero-order valence-corrected chi connectivity index (χ0v) is 18.9. The Hall–Kier alpha value is -0.990. The van der Waals surface area contributed by atoms with Gasteiger partial charge in [0.15, 0.2) is 0 Å². The standard InChI is InChI=1S/C23H40B2O2/c1-9-20(18(4)24)21(25-27-23(7,8)22(5,6)26)15-16(2)14-19-13-11-10-12-17(19)3/h10-13,18,20-21,25-26H,2,9,14-15,24H2,1,3-8H3. The van der Waals surface area contributed by atoms with E-state index in [1.54, 1.807) is 0 Å². The molecular weight excluding hydrogens is 330 g/mol. The Morgan fingerprint density at radius 3 is 2.33 bits per heavy atom. The molecular formula is C23H40B2O2. The predicted octanol–water partition coefficient (Wildman–Crippen LogP) is 4.66. The molecule has 0 fully saturated rings. The Kier molecular flexibility index (Phi) is 8.89. The van der Waals surface area contributed by atoms with Crippen molar-refractivity contribution in [1.29, 1.82) is 0 Å². The van der Waals surface area contributed by atoms with Crippen molar-refractivity contribution >= 4 is 15.3 Å². The van der Waals surface area contributed by atoms with Crippen molar-refractivity contribution in [3.8, 4) is 0 Å². The maximum atomic E-state index is 10.4. The monoisotopic (exact) mass is 370 g/mol. The lowest BCUT2D eigenvalue weighted by molar-refractivity contribution is -0.0914. The molecule has 3 atom stereocenters. The number of allylic oxidation sites excluding steroid dienone is 1. The van der Waals surface area contributed by atoms with E-state index in [1.807, 2.05) is 27.7 Å².